The van der Waals surface area contributed by atoms with Crippen molar-refractivity contribution in [2.75, 3.05) is 25.0 Å². The van der Waals surface area contributed by atoms with Crippen LogP contribution in [0.5, 0.6) is 0 Å². The molecule has 1 unspecified atom stereocenters. The second-order valence-corrected chi connectivity index (χ2v) is 5.37. The average Bonchev–Trinajstić information content (AvgIpc) is 2.47. The molecule has 4 nitrogen and oxygen atoms in total. The van der Waals surface area contributed by atoms with Crippen LogP contribution in [0.4, 0.5) is 5.82 Å². The van der Waals surface area contributed by atoms with Crippen LogP contribution in [0.25, 0.3) is 0 Å². The van der Waals surface area contributed by atoms with Gasteiger partial charge in [-0.05, 0) is 57.8 Å². The number of hydrogen-bond donors (Lipinski definition) is 1. The Morgan fingerprint density at radius 3 is 2.89 bits per heavy atom. The first-order valence-electron chi connectivity index (χ1n) is 7.59. The first-order valence-corrected chi connectivity index (χ1v) is 7.59. The second-order valence-electron chi connectivity index (χ2n) is 5.37. The predicted molar refractivity (Wildman–Crippen MR) is 79.6 cm³/mol. The Labute approximate surface area is 116 Å². The van der Waals surface area contributed by atoms with Gasteiger partial charge in [0.2, 0.25) is 0 Å². The molecule has 1 saturated heterocycles. The minimum Gasteiger partial charge on any atom is -0.352 e. The summed E-state index contributed by atoms with van der Waals surface area (Å²) < 4.78 is 0. The molecule has 1 N–H and O–H groups in total. The van der Waals surface area contributed by atoms with Crippen molar-refractivity contribution in [3.63, 3.8) is 0 Å². The highest BCUT2D eigenvalue weighted by atomic mass is 15.3. The van der Waals surface area contributed by atoms with E-state index in [1.807, 2.05) is 7.05 Å². The first kappa shape index (κ1) is 14.3. The van der Waals surface area contributed by atoms with Crippen LogP contribution < -0.4 is 10.2 Å². The molecule has 0 aromatic carbocycles. The average molecular weight is 262 g/mol. The Balaban J connectivity index is 2.03. The van der Waals surface area contributed by atoms with E-state index < -0.39 is 0 Å². The zero-order valence-corrected chi connectivity index (χ0v) is 12.2. The van der Waals surface area contributed by atoms with E-state index in [1.54, 1.807) is 0 Å². The highest BCUT2D eigenvalue weighted by Crippen LogP contribution is 2.24. The van der Waals surface area contributed by atoms with E-state index in [0.717, 1.165) is 37.4 Å². The number of nitrogens with zero attached hydrogens (tertiary/aromatic N) is 3. The number of aromatic nitrogens is 2. The molecule has 0 radical (unpaired) electrons. The molecular weight excluding hydrogens is 236 g/mol. The van der Waals surface area contributed by atoms with Gasteiger partial charge in [0, 0.05) is 12.6 Å². The van der Waals surface area contributed by atoms with E-state index in [0.29, 0.717) is 6.04 Å². The molecule has 0 amide bonds. The maximum absolute atomic E-state index is 4.43. The monoisotopic (exact) mass is 262 g/mol. The van der Waals surface area contributed by atoms with Gasteiger partial charge in [-0.1, -0.05) is 13.3 Å². The molecule has 0 spiro atoms. The van der Waals surface area contributed by atoms with Gasteiger partial charge in [-0.3, -0.25) is 0 Å². The molecule has 4 heteroatoms. The molecule has 2 heterocycles. The summed E-state index contributed by atoms with van der Waals surface area (Å²) in [6, 6.07) is 4.90. The van der Waals surface area contributed by atoms with Gasteiger partial charge < -0.3 is 10.2 Å². The van der Waals surface area contributed by atoms with Crippen molar-refractivity contribution < 1.29 is 0 Å². The van der Waals surface area contributed by atoms with Crippen molar-refractivity contribution in [2.45, 2.75) is 51.5 Å². The van der Waals surface area contributed by atoms with Gasteiger partial charge in [0.15, 0.2) is 5.82 Å². The third-order valence-corrected chi connectivity index (χ3v) is 3.86. The van der Waals surface area contributed by atoms with Gasteiger partial charge in [-0.2, -0.15) is 5.10 Å². The fraction of sp³-hybridized carbons (Fsp3) is 0.733. The Bertz CT molecular complexity index is 363. The summed E-state index contributed by atoms with van der Waals surface area (Å²) in [6.45, 7) is 4.37. The molecule has 106 valence electrons. The van der Waals surface area contributed by atoms with Crippen molar-refractivity contribution >= 4 is 5.82 Å². The SMILES string of the molecule is CCCc1ccc(N2CCCCC2CCNC)nn1. The van der Waals surface area contributed by atoms with Crippen molar-refractivity contribution in [3.05, 3.63) is 17.8 Å². The van der Waals surface area contributed by atoms with Crippen LogP contribution in [0, 0.1) is 0 Å². The standard InChI is InChI=1S/C15H26N4/c1-3-6-13-8-9-15(18-17-13)19-12-5-4-7-14(19)10-11-16-2/h8-9,14,16H,3-7,10-12H2,1-2H3. The number of rotatable bonds is 6. The Hall–Kier alpha value is -1.16. The molecule has 0 saturated carbocycles. The number of piperidine rings is 1. The summed E-state index contributed by atoms with van der Waals surface area (Å²) in [5, 5.41) is 12.0. The molecule has 0 bridgehead atoms. The summed E-state index contributed by atoms with van der Waals surface area (Å²) >= 11 is 0. The smallest absolute Gasteiger partial charge is 0.151 e. The normalized spacial score (nSPS) is 19.7. The van der Waals surface area contributed by atoms with Crippen LogP contribution in [0.2, 0.25) is 0 Å². The predicted octanol–water partition coefficient (Wildman–Crippen LogP) is 2.40. The molecule has 19 heavy (non-hydrogen) atoms. The maximum Gasteiger partial charge on any atom is 0.151 e. The Morgan fingerprint density at radius 2 is 2.21 bits per heavy atom. The third kappa shape index (κ3) is 3.90. The summed E-state index contributed by atoms with van der Waals surface area (Å²) in [5.74, 6) is 1.06. The molecule has 1 aliphatic rings. The van der Waals surface area contributed by atoms with Crippen molar-refractivity contribution in [2.24, 2.45) is 0 Å². The van der Waals surface area contributed by atoms with Crippen molar-refractivity contribution in [1.29, 1.82) is 0 Å². The molecule has 2 rings (SSSR count). The van der Waals surface area contributed by atoms with Gasteiger partial charge in [0.05, 0.1) is 5.69 Å². The topological polar surface area (TPSA) is 41.0 Å². The lowest BCUT2D eigenvalue weighted by atomic mass is 9.99. The van der Waals surface area contributed by atoms with Gasteiger partial charge >= 0.3 is 0 Å². The molecule has 1 aliphatic heterocycles. The Morgan fingerprint density at radius 1 is 1.32 bits per heavy atom. The zero-order valence-electron chi connectivity index (χ0n) is 12.2. The number of hydrogen-bond acceptors (Lipinski definition) is 4. The second kappa shape index (κ2) is 7.43. The lowest BCUT2D eigenvalue weighted by Gasteiger charge is -2.36. The van der Waals surface area contributed by atoms with Gasteiger partial charge in [-0.25, -0.2) is 0 Å². The van der Waals surface area contributed by atoms with E-state index in [4.69, 9.17) is 0 Å². The van der Waals surface area contributed by atoms with Crippen LogP contribution in [0.15, 0.2) is 12.1 Å². The zero-order chi connectivity index (χ0) is 13.5. The molecule has 1 atom stereocenters. The molecule has 1 aromatic heterocycles. The summed E-state index contributed by atoms with van der Waals surface area (Å²) in [6.07, 6.45) is 7.23. The number of nitrogens with one attached hydrogen (secondary N) is 1. The van der Waals surface area contributed by atoms with E-state index in [9.17, 15) is 0 Å². The molecule has 0 aliphatic carbocycles. The highest BCUT2D eigenvalue weighted by Gasteiger charge is 2.23. The van der Waals surface area contributed by atoms with E-state index in [-0.39, 0.29) is 0 Å². The number of anilines is 1. The summed E-state index contributed by atoms with van der Waals surface area (Å²) in [7, 11) is 2.02. The minimum atomic E-state index is 0.618. The van der Waals surface area contributed by atoms with Gasteiger partial charge in [0.25, 0.3) is 0 Å². The van der Waals surface area contributed by atoms with Gasteiger partial charge in [-0.15, -0.1) is 5.10 Å². The van der Waals surface area contributed by atoms with E-state index in [1.165, 1.54) is 25.7 Å². The van der Waals surface area contributed by atoms with Crippen LogP contribution in [0.1, 0.15) is 44.7 Å². The minimum absolute atomic E-state index is 0.618. The lowest BCUT2D eigenvalue weighted by Crippen LogP contribution is -2.41. The fourth-order valence-electron chi connectivity index (χ4n) is 2.81. The highest BCUT2D eigenvalue weighted by molar-refractivity contribution is 5.39. The van der Waals surface area contributed by atoms with Crippen molar-refractivity contribution in [3.8, 4) is 0 Å². The lowest BCUT2D eigenvalue weighted by molar-refractivity contribution is 0.429. The van der Waals surface area contributed by atoms with Crippen LogP contribution in [0.3, 0.4) is 0 Å². The first-order chi connectivity index (χ1) is 9.35. The molecular formula is C15H26N4. The molecule has 1 fully saturated rings. The quantitative estimate of drug-likeness (QED) is 0.854. The van der Waals surface area contributed by atoms with Crippen LogP contribution in [-0.2, 0) is 6.42 Å². The van der Waals surface area contributed by atoms with Crippen LogP contribution >= 0.6 is 0 Å². The van der Waals surface area contributed by atoms with E-state index in [2.05, 4.69) is 39.5 Å². The van der Waals surface area contributed by atoms with Crippen LogP contribution in [-0.4, -0.2) is 36.4 Å². The summed E-state index contributed by atoms with van der Waals surface area (Å²) in [4.78, 5) is 2.45. The van der Waals surface area contributed by atoms with Gasteiger partial charge in [0.1, 0.15) is 0 Å². The largest absolute Gasteiger partial charge is 0.352 e. The molecule has 1 aromatic rings. The fourth-order valence-corrected chi connectivity index (χ4v) is 2.81. The maximum atomic E-state index is 4.43. The van der Waals surface area contributed by atoms with Crippen molar-refractivity contribution in [1.82, 2.24) is 15.5 Å². The summed E-state index contributed by atoms with van der Waals surface area (Å²) in [5.41, 5.74) is 1.11. The van der Waals surface area contributed by atoms with E-state index >= 15 is 0 Å². The third-order valence-electron chi connectivity index (χ3n) is 3.86. The Kier molecular flexibility index (Phi) is 5.58. The number of aryl methyl sites for hydroxylation is 1.